The van der Waals surface area contributed by atoms with Gasteiger partial charge in [-0.2, -0.15) is 0 Å². The molecule has 0 aliphatic heterocycles. The van der Waals surface area contributed by atoms with Gasteiger partial charge in [0.1, 0.15) is 6.54 Å². The molecule has 1 fully saturated rings. The maximum Gasteiger partial charge on any atom is 0.323 e. The fourth-order valence-corrected chi connectivity index (χ4v) is 2.71. The van der Waals surface area contributed by atoms with Crippen LogP contribution in [0.15, 0.2) is 0 Å². The molecule has 1 aliphatic rings. The van der Waals surface area contributed by atoms with Crippen molar-refractivity contribution in [2.75, 3.05) is 19.6 Å². The summed E-state index contributed by atoms with van der Waals surface area (Å²) in [5.41, 5.74) is 0. The van der Waals surface area contributed by atoms with E-state index >= 15 is 0 Å². The number of hydrogen-bond donors (Lipinski definition) is 1. The van der Waals surface area contributed by atoms with Gasteiger partial charge in [0, 0.05) is 19.1 Å². The van der Waals surface area contributed by atoms with E-state index in [0.717, 1.165) is 25.8 Å². The van der Waals surface area contributed by atoms with Gasteiger partial charge in [-0.1, -0.05) is 26.7 Å². The molecular formula is C15H28N2O3. The van der Waals surface area contributed by atoms with Crippen LogP contribution in [0.25, 0.3) is 0 Å². The molecule has 0 bridgehead atoms. The van der Waals surface area contributed by atoms with Crippen LogP contribution in [-0.4, -0.2) is 52.6 Å². The molecule has 0 unspecified atom stereocenters. The number of aliphatic carboxylic acids is 1. The highest BCUT2D eigenvalue weighted by Gasteiger charge is 2.29. The van der Waals surface area contributed by atoms with E-state index in [4.69, 9.17) is 5.11 Å². The Morgan fingerprint density at radius 2 is 1.85 bits per heavy atom. The van der Waals surface area contributed by atoms with Crippen molar-refractivity contribution < 1.29 is 14.7 Å². The van der Waals surface area contributed by atoms with Crippen molar-refractivity contribution >= 4 is 12.0 Å². The molecule has 2 amide bonds. The Labute approximate surface area is 121 Å². The van der Waals surface area contributed by atoms with Gasteiger partial charge in [0.2, 0.25) is 0 Å². The van der Waals surface area contributed by atoms with Gasteiger partial charge < -0.3 is 14.9 Å². The predicted octanol–water partition coefficient (Wildman–Crippen LogP) is 2.80. The first-order valence-corrected chi connectivity index (χ1v) is 7.73. The fourth-order valence-electron chi connectivity index (χ4n) is 2.71. The van der Waals surface area contributed by atoms with E-state index in [2.05, 4.69) is 13.8 Å². The minimum atomic E-state index is -0.949. The van der Waals surface area contributed by atoms with Crippen molar-refractivity contribution in [3.05, 3.63) is 0 Å². The average molecular weight is 284 g/mol. The van der Waals surface area contributed by atoms with Crippen LogP contribution in [0.1, 0.15) is 52.9 Å². The zero-order valence-electron chi connectivity index (χ0n) is 13.0. The Kier molecular flexibility index (Phi) is 6.82. The second kappa shape index (κ2) is 8.12. The zero-order valence-corrected chi connectivity index (χ0v) is 13.0. The Balaban J connectivity index is 2.73. The van der Waals surface area contributed by atoms with E-state index in [9.17, 15) is 9.59 Å². The van der Waals surface area contributed by atoms with Gasteiger partial charge in [-0.25, -0.2) is 4.79 Å². The van der Waals surface area contributed by atoms with Crippen molar-refractivity contribution in [2.24, 2.45) is 5.92 Å². The van der Waals surface area contributed by atoms with Gasteiger partial charge in [0.25, 0.3) is 0 Å². The van der Waals surface area contributed by atoms with E-state index < -0.39 is 5.97 Å². The van der Waals surface area contributed by atoms with E-state index in [1.54, 1.807) is 0 Å². The Hall–Kier alpha value is -1.26. The maximum atomic E-state index is 12.6. The Morgan fingerprint density at radius 3 is 2.30 bits per heavy atom. The largest absolute Gasteiger partial charge is 0.480 e. The molecule has 5 nitrogen and oxygen atoms in total. The zero-order chi connectivity index (χ0) is 15.1. The van der Waals surface area contributed by atoms with Gasteiger partial charge in [-0.15, -0.1) is 0 Å². The molecule has 0 aromatic heterocycles. The van der Waals surface area contributed by atoms with Crippen LogP contribution in [0.4, 0.5) is 4.79 Å². The minimum Gasteiger partial charge on any atom is -0.480 e. The molecule has 0 saturated heterocycles. The lowest BCUT2D eigenvalue weighted by atomic mass is 10.1. The second-order valence-corrected chi connectivity index (χ2v) is 6.00. The number of likely N-dealkylation sites (N-methyl/N-ethyl adjacent to an activating group) is 1. The van der Waals surface area contributed by atoms with E-state index in [0.29, 0.717) is 18.5 Å². The molecular weight excluding hydrogens is 256 g/mol. The number of nitrogens with zero attached hydrogens (tertiary/aromatic N) is 2. The van der Waals surface area contributed by atoms with E-state index in [1.807, 2.05) is 11.8 Å². The van der Waals surface area contributed by atoms with Crippen LogP contribution in [0.3, 0.4) is 0 Å². The molecule has 1 N–H and O–H groups in total. The molecule has 0 aromatic carbocycles. The first-order chi connectivity index (χ1) is 9.45. The van der Waals surface area contributed by atoms with Crippen LogP contribution in [0.2, 0.25) is 0 Å². The molecule has 1 saturated carbocycles. The van der Waals surface area contributed by atoms with Crippen molar-refractivity contribution in [1.29, 1.82) is 0 Å². The van der Waals surface area contributed by atoms with Crippen LogP contribution < -0.4 is 0 Å². The lowest BCUT2D eigenvalue weighted by Gasteiger charge is -2.34. The minimum absolute atomic E-state index is 0.109. The summed E-state index contributed by atoms with van der Waals surface area (Å²) in [4.78, 5) is 26.8. The smallest absolute Gasteiger partial charge is 0.323 e. The van der Waals surface area contributed by atoms with E-state index in [-0.39, 0.29) is 12.6 Å². The summed E-state index contributed by atoms with van der Waals surface area (Å²) < 4.78 is 0. The lowest BCUT2D eigenvalue weighted by molar-refractivity contribution is -0.137. The third-order valence-electron chi connectivity index (χ3n) is 3.94. The predicted molar refractivity (Wildman–Crippen MR) is 78.7 cm³/mol. The van der Waals surface area contributed by atoms with Gasteiger partial charge >= 0.3 is 12.0 Å². The number of rotatable bonds is 7. The van der Waals surface area contributed by atoms with Crippen molar-refractivity contribution in [3.63, 3.8) is 0 Å². The molecule has 116 valence electrons. The highest BCUT2D eigenvalue weighted by molar-refractivity contribution is 5.80. The molecule has 20 heavy (non-hydrogen) atoms. The summed E-state index contributed by atoms with van der Waals surface area (Å²) in [6, 6.07) is 0.187. The standard InChI is InChI=1S/C15H28N2O3/c1-4-16(11-14(18)19)15(20)17(10-9-12(2)3)13-7-5-6-8-13/h12-13H,4-11H2,1-3H3,(H,18,19). The normalized spacial score (nSPS) is 15.6. The van der Waals surface area contributed by atoms with Gasteiger partial charge in [-0.05, 0) is 32.1 Å². The third-order valence-corrected chi connectivity index (χ3v) is 3.94. The molecule has 0 spiro atoms. The van der Waals surface area contributed by atoms with Crippen molar-refractivity contribution in [2.45, 2.75) is 58.9 Å². The van der Waals surface area contributed by atoms with Crippen LogP contribution >= 0.6 is 0 Å². The molecule has 0 radical (unpaired) electrons. The maximum absolute atomic E-state index is 12.6. The van der Waals surface area contributed by atoms with Crippen LogP contribution in [0, 0.1) is 5.92 Å². The number of carbonyl (C=O) groups is 2. The summed E-state index contributed by atoms with van der Waals surface area (Å²) >= 11 is 0. The summed E-state index contributed by atoms with van der Waals surface area (Å²) in [6.07, 6.45) is 5.40. The number of urea groups is 1. The number of carbonyl (C=O) groups excluding carboxylic acids is 1. The number of amides is 2. The van der Waals surface area contributed by atoms with Gasteiger partial charge in [0.05, 0.1) is 0 Å². The lowest BCUT2D eigenvalue weighted by Crippen LogP contribution is -2.49. The highest BCUT2D eigenvalue weighted by atomic mass is 16.4. The monoisotopic (exact) mass is 284 g/mol. The topological polar surface area (TPSA) is 60.9 Å². The molecule has 1 aliphatic carbocycles. The second-order valence-electron chi connectivity index (χ2n) is 6.00. The molecule has 0 heterocycles. The SMILES string of the molecule is CCN(CC(=O)O)C(=O)N(CCC(C)C)C1CCCC1. The molecule has 0 aromatic rings. The highest BCUT2D eigenvalue weighted by Crippen LogP contribution is 2.25. The molecule has 5 heteroatoms. The molecule has 0 atom stereocenters. The summed E-state index contributed by atoms with van der Waals surface area (Å²) in [5, 5.41) is 8.92. The Morgan fingerprint density at radius 1 is 1.25 bits per heavy atom. The van der Waals surface area contributed by atoms with E-state index in [1.165, 1.54) is 17.7 Å². The van der Waals surface area contributed by atoms with Gasteiger partial charge in [-0.3, -0.25) is 4.79 Å². The molecule has 1 rings (SSSR count). The number of carboxylic acid groups (broad SMARTS) is 1. The first kappa shape index (κ1) is 16.8. The third kappa shape index (κ3) is 5.02. The first-order valence-electron chi connectivity index (χ1n) is 7.73. The average Bonchev–Trinajstić information content (AvgIpc) is 2.89. The van der Waals surface area contributed by atoms with Crippen LogP contribution in [-0.2, 0) is 4.79 Å². The summed E-state index contributed by atoms with van der Waals surface area (Å²) in [5.74, 6) is -0.406. The fraction of sp³-hybridized carbons (Fsp3) is 0.867. The van der Waals surface area contributed by atoms with Crippen molar-refractivity contribution in [1.82, 2.24) is 9.80 Å². The Bertz CT molecular complexity index is 325. The number of hydrogen-bond acceptors (Lipinski definition) is 2. The number of carboxylic acids is 1. The van der Waals surface area contributed by atoms with Gasteiger partial charge in [0.15, 0.2) is 0 Å². The van der Waals surface area contributed by atoms with Crippen molar-refractivity contribution in [3.8, 4) is 0 Å². The quantitative estimate of drug-likeness (QED) is 0.782. The van der Waals surface area contributed by atoms with Crippen LogP contribution in [0.5, 0.6) is 0 Å². The summed E-state index contributed by atoms with van der Waals surface area (Å²) in [7, 11) is 0. The summed E-state index contributed by atoms with van der Waals surface area (Å²) in [6.45, 7) is 7.09.